The van der Waals surface area contributed by atoms with Crippen molar-refractivity contribution in [2.24, 2.45) is 0 Å². The van der Waals surface area contributed by atoms with Crippen molar-refractivity contribution in [3.05, 3.63) is 60.2 Å². The Morgan fingerprint density at radius 2 is 1.78 bits per heavy atom. The summed E-state index contributed by atoms with van der Waals surface area (Å²) in [6.45, 7) is 3.80. The van der Waals surface area contributed by atoms with Gasteiger partial charge in [-0.25, -0.2) is 0 Å². The Morgan fingerprint density at radius 1 is 1.00 bits per heavy atom. The Labute approximate surface area is 162 Å². The monoisotopic (exact) mass is 363 g/mol. The van der Waals surface area contributed by atoms with Gasteiger partial charge in [-0.05, 0) is 68.1 Å². The van der Waals surface area contributed by atoms with Crippen LogP contribution in [-0.4, -0.2) is 42.5 Å². The van der Waals surface area contributed by atoms with Crippen molar-refractivity contribution >= 4 is 5.91 Å². The number of nitrogens with zero attached hydrogens (tertiary/aromatic N) is 1. The van der Waals surface area contributed by atoms with Crippen molar-refractivity contribution in [2.45, 2.75) is 44.3 Å². The predicted octanol–water partition coefficient (Wildman–Crippen LogP) is 3.19. The fourth-order valence-corrected chi connectivity index (χ4v) is 4.44. The van der Waals surface area contributed by atoms with E-state index in [2.05, 4.69) is 64.1 Å². The van der Waals surface area contributed by atoms with Crippen LogP contribution < -0.4 is 10.6 Å². The number of carbonyl (C=O) groups is 1. The third kappa shape index (κ3) is 4.40. The van der Waals surface area contributed by atoms with Crippen LogP contribution in [0.3, 0.4) is 0 Å². The zero-order chi connectivity index (χ0) is 18.5. The molecule has 2 aromatic rings. The molecular weight excluding hydrogens is 334 g/mol. The normalized spacial score (nSPS) is 21.3. The zero-order valence-corrected chi connectivity index (χ0v) is 15.9. The highest BCUT2D eigenvalue weighted by atomic mass is 16.2. The van der Waals surface area contributed by atoms with Crippen LogP contribution in [0.1, 0.15) is 31.2 Å². The van der Waals surface area contributed by atoms with E-state index in [9.17, 15) is 4.79 Å². The summed E-state index contributed by atoms with van der Waals surface area (Å²) < 4.78 is 0. The first-order chi connectivity index (χ1) is 13.3. The Bertz CT molecular complexity index is 755. The number of piperidine rings is 1. The summed E-state index contributed by atoms with van der Waals surface area (Å²) in [5.74, 6) is 0.191. The highest BCUT2D eigenvalue weighted by molar-refractivity contribution is 5.82. The van der Waals surface area contributed by atoms with Crippen LogP contribution in [0.25, 0.3) is 11.1 Å². The molecule has 0 aliphatic carbocycles. The molecule has 4 nitrogen and oxygen atoms in total. The Hall–Kier alpha value is -2.17. The summed E-state index contributed by atoms with van der Waals surface area (Å²) in [5.41, 5.74) is 3.55. The third-order valence-corrected chi connectivity index (χ3v) is 5.88. The molecule has 1 atom stereocenters. The van der Waals surface area contributed by atoms with E-state index < -0.39 is 0 Å². The topological polar surface area (TPSA) is 44.4 Å². The molecule has 142 valence electrons. The van der Waals surface area contributed by atoms with Gasteiger partial charge in [0.2, 0.25) is 5.91 Å². The highest BCUT2D eigenvalue weighted by Gasteiger charge is 2.35. The molecule has 0 radical (unpaired) electrons. The van der Waals surface area contributed by atoms with Crippen LogP contribution in [0.5, 0.6) is 0 Å². The van der Waals surface area contributed by atoms with Gasteiger partial charge in [0.15, 0.2) is 0 Å². The SMILES string of the molecule is O=C(NCc1cccc(-c2ccccc2)c1)[C@@H]1CCCN1C1CCNCC1. The first-order valence-corrected chi connectivity index (χ1v) is 10.2. The van der Waals surface area contributed by atoms with Crippen molar-refractivity contribution in [2.75, 3.05) is 19.6 Å². The molecule has 2 N–H and O–H groups in total. The Morgan fingerprint density at radius 3 is 2.59 bits per heavy atom. The molecule has 0 spiro atoms. The molecule has 2 aliphatic rings. The number of nitrogens with one attached hydrogen (secondary N) is 2. The minimum atomic E-state index is 0.0467. The molecule has 0 unspecified atom stereocenters. The van der Waals surface area contributed by atoms with Gasteiger partial charge in [-0.3, -0.25) is 9.69 Å². The van der Waals surface area contributed by atoms with E-state index in [1.807, 2.05) is 6.07 Å². The van der Waals surface area contributed by atoms with Crippen LogP contribution >= 0.6 is 0 Å². The number of carbonyl (C=O) groups excluding carboxylic acids is 1. The molecule has 4 heteroatoms. The van der Waals surface area contributed by atoms with E-state index in [0.29, 0.717) is 12.6 Å². The van der Waals surface area contributed by atoms with Crippen LogP contribution in [0.2, 0.25) is 0 Å². The Kier molecular flexibility index (Phi) is 5.85. The van der Waals surface area contributed by atoms with E-state index >= 15 is 0 Å². The third-order valence-electron chi connectivity index (χ3n) is 5.88. The molecule has 0 aromatic heterocycles. The molecule has 2 heterocycles. The van der Waals surface area contributed by atoms with E-state index in [-0.39, 0.29) is 11.9 Å². The average Bonchev–Trinajstić information content (AvgIpc) is 3.24. The minimum absolute atomic E-state index is 0.0467. The molecule has 2 aromatic carbocycles. The summed E-state index contributed by atoms with van der Waals surface area (Å²) in [6, 6.07) is 19.4. The molecule has 2 aliphatic heterocycles. The standard InChI is InChI=1S/C23H29N3O/c27-23(22-10-5-15-26(22)21-11-13-24-14-12-21)25-17-18-6-4-9-20(16-18)19-7-2-1-3-8-19/h1-4,6-9,16,21-22,24H,5,10-15,17H2,(H,25,27)/t22-/m0/s1. The van der Waals surface area contributed by atoms with Gasteiger partial charge in [0.05, 0.1) is 6.04 Å². The second-order valence-electron chi connectivity index (χ2n) is 7.66. The minimum Gasteiger partial charge on any atom is -0.351 e. The molecule has 0 bridgehead atoms. The lowest BCUT2D eigenvalue weighted by Gasteiger charge is -2.35. The highest BCUT2D eigenvalue weighted by Crippen LogP contribution is 2.25. The predicted molar refractivity (Wildman–Crippen MR) is 109 cm³/mol. The largest absolute Gasteiger partial charge is 0.351 e. The second-order valence-corrected chi connectivity index (χ2v) is 7.66. The maximum atomic E-state index is 12.9. The molecule has 0 saturated carbocycles. The van der Waals surface area contributed by atoms with Gasteiger partial charge in [0.25, 0.3) is 0 Å². The van der Waals surface area contributed by atoms with Gasteiger partial charge in [-0.2, -0.15) is 0 Å². The lowest BCUT2D eigenvalue weighted by Crippen LogP contribution is -2.50. The second kappa shape index (κ2) is 8.68. The summed E-state index contributed by atoms with van der Waals surface area (Å²) in [4.78, 5) is 15.3. The van der Waals surface area contributed by atoms with Crippen molar-refractivity contribution in [3.8, 4) is 11.1 Å². The number of hydrogen-bond donors (Lipinski definition) is 2. The van der Waals surface area contributed by atoms with Crippen LogP contribution in [0, 0.1) is 0 Å². The molecule has 1 amide bonds. The summed E-state index contributed by atoms with van der Waals surface area (Å²) in [5, 5.41) is 6.61. The fourth-order valence-electron chi connectivity index (χ4n) is 4.44. The van der Waals surface area contributed by atoms with Gasteiger partial charge < -0.3 is 10.6 Å². The molecule has 4 rings (SSSR count). The van der Waals surface area contributed by atoms with Gasteiger partial charge >= 0.3 is 0 Å². The van der Waals surface area contributed by atoms with E-state index in [1.54, 1.807) is 0 Å². The summed E-state index contributed by atoms with van der Waals surface area (Å²) in [6.07, 6.45) is 4.43. The van der Waals surface area contributed by atoms with Gasteiger partial charge in [-0.15, -0.1) is 0 Å². The summed E-state index contributed by atoms with van der Waals surface area (Å²) in [7, 11) is 0. The van der Waals surface area contributed by atoms with E-state index in [1.165, 1.54) is 11.1 Å². The molecule has 27 heavy (non-hydrogen) atoms. The quantitative estimate of drug-likeness (QED) is 0.858. The number of benzene rings is 2. The molecule has 2 saturated heterocycles. The van der Waals surface area contributed by atoms with E-state index in [4.69, 9.17) is 0 Å². The average molecular weight is 364 g/mol. The van der Waals surface area contributed by atoms with Gasteiger partial charge in [-0.1, -0.05) is 48.5 Å². The fraction of sp³-hybridized carbons (Fsp3) is 0.435. The Balaban J connectivity index is 1.37. The number of likely N-dealkylation sites (tertiary alicyclic amines) is 1. The van der Waals surface area contributed by atoms with Crippen LogP contribution in [0.4, 0.5) is 0 Å². The lowest BCUT2D eigenvalue weighted by atomic mass is 10.0. The maximum Gasteiger partial charge on any atom is 0.237 e. The molecule has 2 fully saturated rings. The number of hydrogen-bond acceptors (Lipinski definition) is 3. The van der Waals surface area contributed by atoms with Crippen molar-refractivity contribution in [1.29, 1.82) is 0 Å². The smallest absolute Gasteiger partial charge is 0.237 e. The number of amides is 1. The van der Waals surface area contributed by atoms with Crippen LogP contribution in [0.15, 0.2) is 54.6 Å². The lowest BCUT2D eigenvalue weighted by molar-refractivity contribution is -0.126. The van der Waals surface area contributed by atoms with Gasteiger partial charge in [0.1, 0.15) is 0 Å². The van der Waals surface area contributed by atoms with E-state index in [0.717, 1.165) is 50.9 Å². The zero-order valence-electron chi connectivity index (χ0n) is 15.9. The first kappa shape index (κ1) is 18.2. The summed E-state index contributed by atoms with van der Waals surface area (Å²) >= 11 is 0. The van der Waals surface area contributed by atoms with Crippen molar-refractivity contribution in [3.63, 3.8) is 0 Å². The van der Waals surface area contributed by atoms with Crippen LogP contribution in [-0.2, 0) is 11.3 Å². The van der Waals surface area contributed by atoms with Crippen molar-refractivity contribution in [1.82, 2.24) is 15.5 Å². The number of rotatable bonds is 5. The van der Waals surface area contributed by atoms with Gasteiger partial charge in [0, 0.05) is 12.6 Å². The maximum absolute atomic E-state index is 12.9. The first-order valence-electron chi connectivity index (χ1n) is 10.2. The van der Waals surface area contributed by atoms with Crippen molar-refractivity contribution < 1.29 is 4.79 Å². The molecular formula is C23H29N3O.